The Kier molecular flexibility index (Phi) is 20.2. The van der Waals surface area contributed by atoms with Crippen LogP contribution in [0.2, 0.25) is 0 Å². The molecule has 46 heavy (non-hydrogen) atoms. The molecule has 0 spiro atoms. The van der Waals surface area contributed by atoms with Gasteiger partial charge >= 0.3 is 0 Å². The van der Waals surface area contributed by atoms with Crippen molar-refractivity contribution >= 4 is 73.4 Å². The van der Waals surface area contributed by atoms with E-state index in [1.165, 1.54) is 0 Å². The largest absolute Gasteiger partial charge is 0.508 e. The molecule has 1 N–H and O–H groups in total. The number of rotatable bonds is 6. The van der Waals surface area contributed by atoms with Crippen molar-refractivity contribution in [2.24, 2.45) is 9.98 Å². The maximum atomic E-state index is 10.8. The third-order valence-corrected chi connectivity index (χ3v) is 7.02. The molecule has 0 radical (unpaired) electrons. The van der Waals surface area contributed by atoms with Crippen molar-refractivity contribution in [3.05, 3.63) is 124 Å². The second-order valence-corrected chi connectivity index (χ2v) is 10.1. The molecule has 0 fully saturated rings. The van der Waals surface area contributed by atoms with Crippen molar-refractivity contribution in [1.82, 2.24) is 9.97 Å². The van der Waals surface area contributed by atoms with Gasteiger partial charge in [-0.05, 0) is 145 Å². The van der Waals surface area contributed by atoms with Crippen LogP contribution in [0.4, 0.5) is 11.4 Å². The molecule has 11 heteroatoms. The summed E-state index contributed by atoms with van der Waals surface area (Å²) in [5.41, 5.74) is 12.9. The Hall–Kier alpha value is -2.75. The minimum absolute atomic E-state index is 0. The Bertz CT molecular complexity index is 1600. The fourth-order valence-corrected chi connectivity index (χ4v) is 5.09. The summed E-state index contributed by atoms with van der Waals surface area (Å²) < 4.78 is 0. The first-order chi connectivity index (χ1) is 19.3. The summed E-state index contributed by atoms with van der Waals surface area (Å²) >= 11 is 0. The number of hydrogen-bond acceptors (Lipinski definition) is 5. The normalized spacial score (nSPS) is 10.0. The zero-order valence-electron chi connectivity index (χ0n) is 25.7. The van der Waals surface area contributed by atoms with Crippen LogP contribution in [0.1, 0.15) is 39.2 Å². The molecule has 2 heterocycles. The van der Waals surface area contributed by atoms with E-state index in [9.17, 15) is 5.11 Å². The topological polar surface area (TPSA) is 70.7 Å². The number of benzene rings is 3. The fraction of sp³-hybridized carbons (Fsp3) is 0.143. The summed E-state index contributed by atoms with van der Waals surface area (Å²) in [6, 6.07) is 23.8. The minimum Gasteiger partial charge on any atom is -0.508 e. The van der Waals surface area contributed by atoms with Gasteiger partial charge in [-0.25, -0.2) is 0 Å². The number of aliphatic imine (C=N–C) groups is 2. The van der Waals surface area contributed by atoms with Gasteiger partial charge in [0.15, 0.2) is 0 Å². The molecule has 0 unspecified atom stereocenters. The van der Waals surface area contributed by atoms with Gasteiger partial charge in [0.1, 0.15) is 5.75 Å². The third-order valence-electron chi connectivity index (χ3n) is 7.02. The van der Waals surface area contributed by atoms with Crippen molar-refractivity contribution in [2.45, 2.75) is 34.6 Å². The van der Waals surface area contributed by atoms with E-state index in [2.05, 4.69) is 68.9 Å². The molecule has 5 nitrogen and oxygen atoms in total. The van der Waals surface area contributed by atoms with Gasteiger partial charge in [-0.3, -0.25) is 20.0 Å². The van der Waals surface area contributed by atoms with Gasteiger partial charge in [0.25, 0.3) is 0 Å². The number of phenols is 1. The van der Waals surface area contributed by atoms with Crippen molar-refractivity contribution < 1.29 is 38.1 Å². The predicted molar refractivity (Wildman–Crippen MR) is 195 cm³/mol. The van der Waals surface area contributed by atoms with Gasteiger partial charge < -0.3 is 5.11 Å². The van der Waals surface area contributed by atoms with Crippen LogP contribution in [0.5, 0.6) is 5.75 Å². The van der Waals surface area contributed by atoms with Crippen LogP contribution >= 0.6 is 49.6 Å². The van der Waals surface area contributed by atoms with Gasteiger partial charge in [0, 0.05) is 45.4 Å². The molecule has 2 aromatic heterocycles. The van der Waals surface area contributed by atoms with Crippen LogP contribution in [0, 0.1) is 34.6 Å². The first-order valence-electron chi connectivity index (χ1n) is 13.3. The molecular formula is C35H36Cl4N4Ni2O. The van der Waals surface area contributed by atoms with E-state index in [0.717, 1.165) is 72.8 Å². The molecule has 250 valence electrons. The summed E-state index contributed by atoms with van der Waals surface area (Å²) in [6.45, 7) is 10.4. The van der Waals surface area contributed by atoms with Gasteiger partial charge in [0.2, 0.25) is 0 Å². The number of phenolic OH excluding ortho intramolecular Hbond substituents is 1. The van der Waals surface area contributed by atoms with E-state index < -0.39 is 0 Å². The molecule has 0 saturated heterocycles. The first-order valence-corrected chi connectivity index (χ1v) is 13.3. The van der Waals surface area contributed by atoms with Crippen LogP contribution in [-0.4, -0.2) is 27.5 Å². The van der Waals surface area contributed by atoms with Crippen LogP contribution < -0.4 is 0 Å². The molecule has 0 aliphatic rings. The van der Waals surface area contributed by atoms with E-state index in [4.69, 9.17) is 9.98 Å². The van der Waals surface area contributed by atoms with Crippen molar-refractivity contribution in [2.75, 3.05) is 0 Å². The molecule has 0 atom stereocenters. The van der Waals surface area contributed by atoms with Gasteiger partial charge in [-0.2, -0.15) is 0 Å². The van der Waals surface area contributed by atoms with E-state index in [-0.39, 0.29) is 88.4 Å². The second-order valence-electron chi connectivity index (χ2n) is 10.1. The number of aromatic hydroxyl groups is 1. The SMILES string of the molecule is Cc1cc(-c2cc(O)cc(-c3cc(C)c(N=Cc4ccccn4)c(C)c3)c2C)cc(C)c1N=Cc1ccccn1.Cl.Cl.Cl.Cl.[Ni].[Ni]. The maximum absolute atomic E-state index is 10.8. The summed E-state index contributed by atoms with van der Waals surface area (Å²) in [5, 5.41) is 10.8. The maximum Gasteiger partial charge on any atom is 0.116 e. The van der Waals surface area contributed by atoms with Crippen molar-refractivity contribution in [3.8, 4) is 28.0 Å². The molecule has 5 rings (SSSR count). The number of aromatic nitrogens is 2. The van der Waals surface area contributed by atoms with Crippen molar-refractivity contribution in [1.29, 1.82) is 0 Å². The van der Waals surface area contributed by atoms with Gasteiger partial charge in [-0.15, -0.1) is 49.6 Å². The number of halogens is 4. The molecule has 3 aromatic carbocycles. The average molecular weight is 788 g/mol. The Labute approximate surface area is 316 Å². The fourth-order valence-electron chi connectivity index (χ4n) is 5.09. The quantitative estimate of drug-likeness (QED) is 0.138. The van der Waals surface area contributed by atoms with E-state index in [1.807, 2.05) is 48.5 Å². The molecular weight excluding hydrogens is 752 g/mol. The minimum atomic E-state index is 0. The summed E-state index contributed by atoms with van der Waals surface area (Å²) in [7, 11) is 0. The molecule has 0 aliphatic heterocycles. The third kappa shape index (κ3) is 10.6. The molecule has 0 bridgehead atoms. The molecule has 0 amide bonds. The Morgan fingerprint density at radius 3 is 1.20 bits per heavy atom. The first kappa shape index (κ1) is 45.4. The zero-order chi connectivity index (χ0) is 28.2. The molecule has 0 aliphatic carbocycles. The van der Waals surface area contributed by atoms with Crippen LogP contribution in [0.25, 0.3) is 22.3 Å². The van der Waals surface area contributed by atoms with E-state index in [1.54, 1.807) is 24.8 Å². The number of pyridine rings is 2. The summed E-state index contributed by atoms with van der Waals surface area (Å²) in [5.74, 6) is 0.232. The molecule has 0 saturated carbocycles. The second kappa shape index (κ2) is 20.5. The van der Waals surface area contributed by atoms with Crippen LogP contribution in [0.15, 0.2) is 95.2 Å². The van der Waals surface area contributed by atoms with Crippen molar-refractivity contribution in [3.63, 3.8) is 0 Å². The standard InChI is InChI=1S/C35H32N4O.4ClH.2Ni/c1-22-14-27(15-23(2)34(22)38-20-29-10-6-8-12-36-29)32-18-31(40)19-33(26(32)5)28-16-24(3)35(25(4)17-28)39-21-30-11-7-9-13-37-30;;;;;;/h6-21,40H,1-5H3;4*1H;;. The Morgan fingerprint density at radius 1 is 0.543 bits per heavy atom. The smallest absolute Gasteiger partial charge is 0.116 e. The molecule has 5 aromatic rings. The van der Waals surface area contributed by atoms with Crippen LogP contribution in [0.3, 0.4) is 0 Å². The van der Waals surface area contributed by atoms with Crippen LogP contribution in [-0.2, 0) is 33.0 Å². The Morgan fingerprint density at radius 2 is 0.891 bits per heavy atom. The van der Waals surface area contributed by atoms with Gasteiger partial charge in [0.05, 0.1) is 35.2 Å². The zero-order valence-corrected chi connectivity index (χ0v) is 31.0. The predicted octanol–water partition coefficient (Wildman–Crippen LogP) is 10.2. The van der Waals surface area contributed by atoms with Gasteiger partial charge in [-0.1, -0.05) is 12.1 Å². The number of hydrogen-bond donors (Lipinski definition) is 1. The summed E-state index contributed by atoms with van der Waals surface area (Å²) in [4.78, 5) is 18.1. The number of aryl methyl sites for hydroxylation is 4. The summed E-state index contributed by atoms with van der Waals surface area (Å²) in [6.07, 6.45) is 7.11. The van der Waals surface area contributed by atoms with E-state index >= 15 is 0 Å². The Balaban J connectivity index is 0. The average Bonchev–Trinajstić information content (AvgIpc) is 2.94. The monoisotopic (exact) mass is 784 g/mol. The number of nitrogens with zero attached hydrogens (tertiary/aromatic N) is 4. The van der Waals surface area contributed by atoms with E-state index in [0.29, 0.717) is 0 Å².